The molecule has 10 nitrogen and oxygen atoms in total. The van der Waals surface area contributed by atoms with Gasteiger partial charge in [0.15, 0.2) is 16.6 Å². The first-order chi connectivity index (χ1) is 17.7. The lowest BCUT2D eigenvalue weighted by atomic mass is 10.1. The third-order valence-corrected chi connectivity index (χ3v) is 7.45. The molecule has 1 N–H and O–H groups in total. The Morgan fingerprint density at radius 1 is 1.16 bits per heavy atom. The molecule has 0 spiro atoms. The van der Waals surface area contributed by atoms with Crippen molar-refractivity contribution in [3.05, 3.63) is 52.8 Å². The number of nitrogens with zero attached hydrogens (tertiary/aromatic N) is 4. The molecule has 3 heterocycles. The first-order valence-corrected chi connectivity index (χ1v) is 13.9. The quantitative estimate of drug-likeness (QED) is 0.363. The zero-order chi connectivity index (χ0) is 26.6. The van der Waals surface area contributed by atoms with Crippen LogP contribution in [-0.2, 0) is 20.6 Å². The molecule has 0 atom stereocenters. The molecule has 37 heavy (non-hydrogen) atoms. The van der Waals surface area contributed by atoms with E-state index in [1.165, 1.54) is 19.4 Å². The number of morpholine rings is 1. The molecule has 0 aliphatic carbocycles. The summed E-state index contributed by atoms with van der Waals surface area (Å²) in [5, 5.41) is 0.111. The van der Waals surface area contributed by atoms with E-state index < -0.39 is 10.0 Å². The third-order valence-electron chi connectivity index (χ3n) is 5.63. The van der Waals surface area contributed by atoms with Crippen molar-refractivity contribution in [3.8, 4) is 17.2 Å². The maximum Gasteiger partial charge on any atom is 0.280 e. The van der Waals surface area contributed by atoms with Gasteiger partial charge in [-0.3, -0.25) is 4.72 Å². The minimum absolute atomic E-state index is 0.0181. The van der Waals surface area contributed by atoms with Crippen LogP contribution in [0.15, 0.2) is 41.6 Å². The average molecular weight is 568 g/mol. The molecule has 0 unspecified atom stereocenters. The van der Waals surface area contributed by atoms with Gasteiger partial charge in [-0.05, 0) is 29.7 Å². The lowest BCUT2D eigenvalue weighted by molar-refractivity contribution is 0.122. The van der Waals surface area contributed by atoms with E-state index >= 15 is 0 Å². The fourth-order valence-corrected chi connectivity index (χ4v) is 4.80. The molecule has 1 aromatic carbocycles. The van der Waals surface area contributed by atoms with Gasteiger partial charge in [0, 0.05) is 25.4 Å². The highest BCUT2D eigenvalue weighted by Crippen LogP contribution is 2.39. The van der Waals surface area contributed by atoms with Crippen LogP contribution in [0.2, 0.25) is 5.02 Å². The maximum absolute atomic E-state index is 13.3. The number of halogens is 2. The number of hydrogen-bond donors (Lipinski definition) is 1. The second-order valence-electron chi connectivity index (χ2n) is 8.47. The van der Waals surface area contributed by atoms with Crippen molar-refractivity contribution in [2.45, 2.75) is 30.7 Å². The van der Waals surface area contributed by atoms with Crippen LogP contribution < -0.4 is 19.1 Å². The Bertz CT molecular complexity index is 1350. The monoisotopic (exact) mass is 567 g/mol. The van der Waals surface area contributed by atoms with E-state index in [0.717, 1.165) is 5.56 Å². The van der Waals surface area contributed by atoms with Gasteiger partial charge in [-0.2, -0.15) is 13.4 Å². The molecular weight excluding hydrogens is 541 g/mol. The number of ether oxygens (including phenoxy) is 3. The number of hydrogen-bond acceptors (Lipinski definition) is 9. The van der Waals surface area contributed by atoms with Gasteiger partial charge in [0.25, 0.3) is 10.0 Å². The Morgan fingerprint density at radius 3 is 2.54 bits per heavy atom. The average Bonchev–Trinajstić information content (AvgIpc) is 2.91. The summed E-state index contributed by atoms with van der Waals surface area (Å²) in [4.78, 5) is 15.1. The van der Waals surface area contributed by atoms with Crippen molar-refractivity contribution in [2.24, 2.45) is 0 Å². The Kier molecular flexibility index (Phi) is 8.58. The van der Waals surface area contributed by atoms with Gasteiger partial charge in [0.05, 0.1) is 31.2 Å². The summed E-state index contributed by atoms with van der Waals surface area (Å²) in [5.41, 5.74) is 1.19. The Morgan fingerprint density at radius 2 is 1.92 bits per heavy atom. The van der Waals surface area contributed by atoms with E-state index in [4.69, 9.17) is 37.4 Å². The summed E-state index contributed by atoms with van der Waals surface area (Å²) in [6, 6.07) is 8.02. The number of benzene rings is 1. The maximum atomic E-state index is 13.3. The Balaban J connectivity index is 1.79. The van der Waals surface area contributed by atoms with Crippen molar-refractivity contribution >= 4 is 45.0 Å². The highest BCUT2D eigenvalue weighted by atomic mass is 35.5. The molecule has 1 aliphatic heterocycles. The van der Waals surface area contributed by atoms with Gasteiger partial charge < -0.3 is 19.1 Å². The van der Waals surface area contributed by atoms with Crippen LogP contribution in [-0.4, -0.2) is 56.8 Å². The number of anilines is 2. The minimum atomic E-state index is -4.14. The zero-order valence-corrected chi connectivity index (χ0v) is 22.9. The molecule has 4 rings (SSSR count). The lowest BCUT2D eigenvalue weighted by Gasteiger charge is -2.28. The molecule has 3 aromatic rings. The molecule has 1 aliphatic rings. The molecular formula is C24H27Cl2N5O5S. The topological polar surface area (TPSA) is 116 Å². The van der Waals surface area contributed by atoms with Gasteiger partial charge in [0.2, 0.25) is 5.95 Å². The largest absolute Gasteiger partial charge is 0.497 e. The van der Waals surface area contributed by atoms with Crippen molar-refractivity contribution in [1.29, 1.82) is 0 Å². The summed E-state index contributed by atoms with van der Waals surface area (Å²) in [7, 11) is -2.63. The van der Waals surface area contributed by atoms with Gasteiger partial charge in [-0.1, -0.05) is 31.5 Å². The molecule has 0 radical (unpaired) electrons. The van der Waals surface area contributed by atoms with E-state index in [1.54, 1.807) is 24.3 Å². The second-order valence-corrected chi connectivity index (χ2v) is 10.8. The van der Waals surface area contributed by atoms with E-state index in [0.29, 0.717) is 38.0 Å². The van der Waals surface area contributed by atoms with Crippen molar-refractivity contribution in [3.63, 3.8) is 0 Å². The van der Waals surface area contributed by atoms with Gasteiger partial charge in [0.1, 0.15) is 17.2 Å². The Labute approximate surface area is 226 Å². The number of sulfonamides is 1. The van der Waals surface area contributed by atoms with Crippen LogP contribution in [0.5, 0.6) is 17.2 Å². The van der Waals surface area contributed by atoms with Gasteiger partial charge >= 0.3 is 0 Å². The van der Waals surface area contributed by atoms with E-state index in [1.807, 2.05) is 18.7 Å². The van der Waals surface area contributed by atoms with Crippen LogP contribution in [0.4, 0.5) is 11.8 Å². The smallest absolute Gasteiger partial charge is 0.280 e. The number of nitrogens with one attached hydrogen (secondary N) is 1. The molecule has 2 aromatic heterocycles. The highest BCUT2D eigenvalue weighted by Gasteiger charge is 2.26. The van der Waals surface area contributed by atoms with Gasteiger partial charge in [-0.25, -0.2) is 9.97 Å². The Hall–Kier alpha value is -2.86. The van der Waals surface area contributed by atoms with Crippen LogP contribution in [0.1, 0.15) is 31.0 Å². The summed E-state index contributed by atoms with van der Waals surface area (Å²) in [6.45, 7) is 6.05. The van der Waals surface area contributed by atoms with Crippen molar-refractivity contribution in [1.82, 2.24) is 15.0 Å². The molecule has 0 amide bonds. The number of rotatable bonds is 9. The molecule has 1 saturated heterocycles. The van der Waals surface area contributed by atoms with Crippen LogP contribution in [0.3, 0.4) is 0 Å². The first kappa shape index (κ1) is 27.2. The van der Waals surface area contributed by atoms with Crippen LogP contribution in [0.25, 0.3) is 0 Å². The van der Waals surface area contributed by atoms with E-state index in [-0.39, 0.29) is 44.9 Å². The summed E-state index contributed by atoms with van der Waals surface area (Å²) >= 11 is 12.6. The molecule has 13 heteroatoms. The zero-order valence-electron chi connectivity index (χ0n) is 20.6. The minimum Gasteiger partial charge on any atom is -0.497 e. The standard InChI is InChI=1S/C24H27Cl2N5O5S/c1-15(2)16-4-7-21(27-14-16)37(32,33)30-23-22(36-20-12-17(34-3)5-6-18(20)26)19(13-25)28-24(29-23)31-8-10-35-11-9-31/h4-7,12,14-15H,8-11,13H2,1-3H3,(H,28,29,30). The molecule has 1 fully saturated rings. The van der Waals surface area contributed by atoms with E-state index in [2.05, 4.69) is 19.7 Å². The predicted molar refractivity (Wildman–Crippen MR) is 142 cm³/mol. The fraction of sp³-hybridized carbons (Fsp3) is 0.375. The number of pyridine rings is 1. The predicted octanol–water partition coefficient (Wildman–Crippen LogP) is 4.83. The summed E-state index contributed by atoms with van der Waals surface area (Å²) in [6.07, 6.45) is 1.54. The van der Waals surface area contributed by atoms with E-state index in [9.17, 15) is 8.42 Å². The summed E-state index contributed by atoms with van der Waals surface area (Å²) < 4.78 is 45.9. The number of aromatic nitrogens is 3. The number of alkyl halides is 1. The van der Waals surface area contributed by atoms with Crippen molar-refractivity contribution < 1.29 is 22.6 Å². The lowest BCUT2D eigenvalue weighted by Crippen LogP contribution is -2.37. The second kappa shape index (κ2) is 11.7. The molecule has 0 bridgehead atoms. The highest BCUT2D eigenvalue weighted by molar-refractivity contribution is 7.92. The van der Waals surface area contributed by atoms with Crippen molar-refractivity contribution in [2.75, 3.05) is 43.0 Å². The SMILES string of the molecule is COc1ccc(Cl)c(Oc2c(CCl)nc(N3CCOCC3)nc2NS(=O)(=O)c2ccc(C(C)C)cn2)c1. The third kappa shape index (κ3) is 6.35. The van der Waals surface area contributed by atoms with Crippen LogP contribution >= 0.6 is 23.2 Å². The molecule has 0 saturated carbocycles. The summed E-state index contributed by atoms with van der Waals surface area (Å²) in [5.74, 6) is 1.06. The molecule has 198 valence electrons. The fourth-order valence-electron chi connectivity index (χ4n) is 3.53. The van der Waals surface area contributed by atoms with Gasteiger partial charge in [-0.15, -0.1) is 11.6 Å². The van der Waals surface area contributed by atoms with Crippen LogP contribution in [0, 0.1) is 0 Å². The normalized spacial score (nSPS) is 14.1. The number of methoxy groups -OCH3 is 1. The first-order valence-electron chi connectivity index (χ1n) is 11.5.